The van der Waals surface area contributed by atoms with Crippen LogP contribution in [0.5, 0.6) is 0 Å². The Morgan fingerprint density at radius 2 is 2.25 bits per heavy atom. The van der Waals surface area contributed by atoms with Gasteiger partial charge in [-0.2, -0.15) is 0 Å². The van der Waals surface area contributed by atoms with Crippen molar-refractivity contribution in [2.75, 3.05) is 25.1 Å². The molecular weight excluding hydrogens is 605 g/mol. The average molecular weight is 634 g/mol. The summed E-state index contributed by atoms with van der Waals surface area (Å²) in [6.07, 6.45) is 5.35. The Bertz CT molecular complexity index is 1280. The zero-order valence-corrected chi connectivity index (χ0v) is 24.0. The second-order valence-electron chi connectivity index (χ2n) is 8.63. The fourth-order valence-electron chi connectivity index (χ4n) is 4.31. The summed E-state index contributed by atoms with van der Waals surface area (Å²) in [5.41, 5.74) is 4.79. The van der Waals surface area contributed by atoms with E-state index in [2.05, 4.69) is 72.8 Å². The van der Waals surface area contributed by atoms with Crippen LogP contribution in [0.1, 0.15) is 68.2 Å². The molecule has 6 nitrogen and oxygen atoms in total. The van der Waals surface area contributed by atoms with Gasteiger partial charge in [0.2, 0.25) is 5.78 Å². The first-order chi connectivity index (χ1) is 17.5. The van der Waals surface area contributed by atoms with Crippen LogP contribution in [0.2, 0.25) is 0 Å². The van der Waals surface area contributed by atoms with Gasteiger partial charge < -0.3 is 15.2 Å². The number of nitrogens with one attached hydrogen (secondary N) is 1. The van der Waals surface area contributed by atoms with Crippen LogP contribution in [-0.4, -0.2) is 40.6 Å². The summed E-state index contributed by atoms with van der Waals surface area (Å²) < 4.78 is 6.23. The Balaban J connectivity index is 1.59. The van der Waals surface area contributed by atoms with E-state index in [4.69, 9.17) is 4.74 Å². The predicted octanol–water partition coefficient (Wildman–Crippen LogP) is 5.95. The molecule has 1 aliphatic rings. The Kier molecular flexibility index (Phi) is 9.79. The van der Waals surface area contributed by atoms with Gasteiger partial charge in [0.05, 0.1) is 17.0 Å². The summed E-state index contributed by atoms with van der Waals surface area (Å²) in [5, 5.41) is 15.8. The highest BCUT2D eigenvalue weighted by atomic mass is 127. The number of nitrogens with zero attached hydrogens (tertiary/aromatic N) is 2. The van der Waals surface area contributed by atoms with Crippen LogP contribution in [0.4, 0.5) is 5.82 Å². The Morgan fingerprint density at radius 1 is 1.39 bits per heavy atom. The van der Waals surface area contributed by atoms with Crippen LogP contribution in [0.15, 0.2) is 36.8 Å². The molecule has 2 aromatic heterocycles. The molecule has 36 heavy (non-hydrogen) atoms. The molecule has 0 bridgehead atoms. The molecule has 0 aliphatic carbocycles. The van der Waals surface area contributed by atoms with Crippen molar-refractivity contribution in [3.8, 4) is 11.2 Å². The Hall–Kier alpha value is -1.97. The van der Waals surface area contributed by atoms with Gasteiger partial charge >= 0.3 is 0 Å². The highest BCUT2D eigenvalue weighted by Crippen LogP contribution is 2.38. The lowest BCUT2D eigenvalue weighted by atomic mass is 9.91. The minimum Gasteiger partial charge on any atom is -0.396 e. The van der Waals surface area contributed by atoms with Crippen LogP contribution in [0, 0.1) is 24.0 Å². The number of fused-ring (bicyclic) bond motifs is 1. The van der Waals surface area contributed by atoms with Crippen molar-refractivity contribution in [1.82, 2.24) is 9.97 Å². The number of ether oxygens (including phenoxy) is 1. The molecule has 2 unspecified atom stereocenters. The summed E-state index contributed by atoms with van der Waals surface area (Å²) in [4.78, 5) is 23.6. The maximum Gasteiger partial charge on any atom is 0.208 e. The molecule has 1 aromatic carbocycles. The number of halogens is 1. The van der Waals surface area contributed by atoms with Crippen molar-refractivity contribution >= 4 is 53.1 Å². The van der Waals surface area contributed by atoms with Gasteiger partial charge in [-0.1, -0.05) is 25.3 Å². The van der Waals surface area contributed by atoms with Gasteiger partial charge in [0.1, 0.15) is 18.2 Å². The van der Waals surface area contributed by atoms with E-state index in [1.807, 2.05) is 13.0 Å². The fourth-order valence-corrected chi connectivity index (χ4v) is 5.80. The molecule has 9 heteroatoms. The van der Waals surface area contributed by atoms with Gasteiger partial charge in [0.25, 0.3) is 0 Å². The lowest BCUT2D eigenvalue weighted by molar-refractivity contribution is 0.0697. The number of aryl methyl sites for hydroxylation is 1. The van der Waals surface area contributed by atoms with Crippen LogP contribution in [-0.2, 0) is 11.2 Å². The second-order valence-corrected chi connectivity index (χ2v) is 11.6. The molecule has 2 atom stereocenters. The number of thiophene rings is 1. The molecular formula is C27H28IN3O3S2. The van der Waals surface area contributed by atoms with Crippen molar-refractivity contribution in [1.29, 1.82) is 0 Å². The molecule has 0 amide bonds. The molecule has 4 rings (SSSR count). The van der Waals surface area contributed by atoms with Crippen LogP contribution in [0.25, 0.3) is 0 Å². The van der Waals surface area contributed by atoms with Gasteiger partial charge in [0.15, 0.2) is 0 Å². The van der Waals surface area contributed by atoms with Gasteiger partial charge in [-0.25, -0.2) is 9.97 Å². The summed E-state index contributed by atoms with van der Waals surface area (Å²) in [6, 6.07) is 8.26. The quantitative estimate of drug-likeness (QED) is 0.171. The number of aliphatic hydroxyl groups excluding tert-OH is 1. The molecule has 0 fully saturated rings. The van der Waals surface area contributed by atoms with E-state index in [-0.39, 0.29) is 24.4 Å². The van der Waals surface area contributed by atoms with Crippen molar-refractivity contribution in [2.45, 2.75) is 39.2 Å². The number of hydrogen-bond acceptors (Lipinski definition) is 8. The van der Waals surface area contributed by atoms with Crippen molar-refractivity contribution < 1.29 is 14.6 Å². The fraction of sp³-hybridized carbons (Fsp3) is 0.370. The Labute approximate surface area is 232 Å². The standard InChI is InChI=1S/C27H28IN3O3S2/c1-3-18(15-32)6-9-30-27-23(14-29-16-31-27)25(33)24-13-21(17(2)36-24)26-22-12-19(8-11-35-28)4-5-20(22)7-10-34-26/h4-5,12-14,16,18,26,32H,3,6-7,9-10,15H2,1-2H3,(H,29,30,31). The number of carbonyl (C=O) groups is 1. The zero-order chi connectivity index (χ0) is 25.5. The number of benzene rings is 1. The Morgan fingerprint density at radius 3 is 3.03 bits per heavy atom. The van der Waals surface area contributed by atoms with Crippen molar-refractivity contribution in [2.24, 2.45) is 5.92 Å². The van der Waals surface area contributed by atoms with E-state index in [1.165, 1.54) is 32.2 Å². The summed E-state index contributed by atoms with van der Waals surface area (Å²) >= 11 is 3.64. The van der Waals surface area contributed by atoms with Crippen LogP contribution >= 0.6 is 41.5 Å². The number of aromatic nitrogens is 2. The van der Waals surface area contributed by atoms with Gasteiger partial charge in [-0.05, 0) is 74.8 Å². The number of ketones is 1. The highest BCUT2D eigenvalue weighted by Gasteiger charge is 2.27. The molecule has 188 valence electrons. The largest absolute Gasteiger partial charge is 0.396 e. The molecule has 0 saturated heterocycles. The van der Waals surface area contributed by atoms with Gasteiger partial charge in [-0.15, -0.1) is 11.3 Å². The SMILES string of the molecule is CCC(CO)CCNc1ncncc1C(=O)c1cc(C2OCCc3ccc(C#CSI)cc32)c(C)s1. The van der Waals surface area contributed by atoms with E-state index < -0.39 is 0 Å². The summed E-state index contributed by atoms with van der Waals surface area (Å²) in [7, 11) is 1.46. The van der Waals surface area contributed by atoms with E-state index in [1.54, 1.807) is 6.20 Å². The third kappa shape index (κ3) is 6.29. The molecule has 1 aliphatic heterocycles. The van der Waals surface area contributed by atoms with Crippen LogP contribution < -0.4 is 5.32 Å². The average Bonchev–Trinajstić information content (AvgIpc) is 3.30. The van der Waals surface area contributed by atoms with Crippen molar-refractivity contribution in [3.05, 3.63) is 74.4 Å². The lowest BCUT2D eigenvalue weighted by Crippen LogP contribution is -2.17. The smallest absolute Gasteiger partial charge is 0.208 e. The van der Waals surface area contributed by atoms with Gasteiger partial charge in [0, 0.05) is 51.0 Å². The monoisotopic (exact) mass is 633 g/mol. The molecule has 0 spiro atoms. The number of anilines is 1. The third-order valence-electron chi connectivity index (χ3n) is 6.42. The molecule has 3 heterocycles. The maximum atomic E-state index is 13.5. The predicted molar refractivity (Wildman–Crippen MR) is 155 cm³/mol. The van der Waals surface area contributed by atoms with Gasteiger partial charge in [-0.3, -0.25) is 4.79 Å². The first kappa shape index (κ1) is 27.1. The number of hydrogen-bond donors (Lipinski definition) is 2. The zero-order valence-electron chi connectivity index (χ0n) is 20.2. The lowest BCUT2D eigenvalue weighted by Gasteiger charge is -2.26. The number of rotatable bonds is 9. The highest BCUT2D eigenvalue weighted by molar-refractivity contribution is 14.2. The summed E-state index contributed by atoms with van der Waals surface area (Å²) in [5.74, 6) is 3.81. The normalized spacial score (nSPS) is 15.5. The van der Waals surface area contributed by atoms with E-state index in [0.29, 0.717) is 29.4 Å². The molecule has 3 aromatic rings. The third-order valence-corrected chi connectivity index (χ3v) is 8.32. The maximum absolute atomic E-state index is 13.5. The topological polar surface area (TPSA) is 84.3 Å². The number of aliphatic hydroxyl groups is 1. The van der Waals surface area contributed by atoms with E-state index in [0.717, 1.165) is 40.8 Å². The summed E-state index contributed by atoms with van der Waals surface area (Å²) in [6.45, 7) is 5.51. The minimum absolute atomic E-state index is 0.110. The molecule has 0 radical (unpaired) electrons. The van der Waals surface area contributed by atoms with E-state index in [9.17, 15) is 9.90 Å². The molecule has 2 N–H and O–H groups in total. The van der Waals surface area contributed by atoms with E-state index >= 15 is 0 Å². The van der Waals surface area contributed by atoms with Crippen LogP contribution in [0.3, 0.4) is 0 Å². The molecule has 0 saturated carbocycles. The number of carbonyl (C=O) groups excluding carboxylic acids is 1. The van der Waals surface area contributed by atoms with Crippen molar-refractivity contribution in [3.63, 3.8) is 0 Å². The minimum atomic E-state index is -0.227. The first-order valence-corrected chi connectivity index (χ1v) is 16.1. The second kappa shape index (κ2) is 13.0. The first-order valence-electron chi connectivity index (χ1n) is 11.9.